The van der Waals surface area contributed by atoms with Crippen LogP contribution < -0.4 is 9.47 Å². The van der Waals surface area contributed by atoms with Crippen molar-refractivity contribution in [2.24, 2.45) is 28.8 Å². The zero-order chi connectivity index (χ0) is 19.1. The van der Waals surface area contributed by atoms with E-state index in [0.717, 1.165) is 11.4 Å². The second-order valence-electron chi connectivity index (χ2n) is 6.71. The van der Waals surface area contributed by atoms with Gasteiger partial charge in [0.2, 0.25) is 0 Å². The monoisotopic (exact) mass is 385 g/mol. The number of fused-ring (bicyclic) bond motifs is 5. The molecule has 7 nitrogen and oxygen atoms in total. The molecule has 1 aliphatic heterocycles. The van der Waals surface area contributed by atoms with Crippen LogP contribution in [0.5, 0.6) is 11.5 Å². The van der Waals surface area contributed by atoms with E-state index < -0.39 is 0 Å². The van der Waals surface area contributed by atoms with E-state index in [9.17, 15) is 9.59 Å². The summed E-state index contributed by atoms with van der Waals surface area (Å²) in [5.41, 5.74) is 0.542. The van der Waals surface area contributed by atoms with Gasteiger partial charge in [-0.3, -0.25) is 9.59 Å². The molecule has 0 radical (unpaired) electrons. The number of halogens is 1. The Labute approximate surface area is 160 Å². The Kier molecular flexibility index (Phi) is 4.36. The number of rotatable bonds is 5. The van der Waals surface area contributed by atoms with E-state index in [1.165, 1.54) is 13.3 Å². The number of benzene rings is 1. The third-order valence-corrected chi connectivity index (χ3v) is 5.58. The minimum atomic E-state index is -0.287. The first-order chi connectivity index (χ1) is 13.0. The summed E-state index contributed by atoms with van der Waals surface area (Å²) in [4.78, 5) is 25.3. The Morgan fingerprint density at radius 1 is 1.30 bits per heavy atom. The number of allylic oxidation sites excluding steroid dienone is 2. The Balaban J connectivity index is 1.57. The molecule has 0 N–H and O–H groups in total. The number of nitriles is 1. The van der Waals surface area contributed by atoms with Crippen molar-refractivity contribution in [1.82, 2.24) is 5.01 Å². The number of ether oxygens (including phenoxy) is 2. The van der Waals surface area contributed by atoms with Crippen LogP contribution in [0.2, 0.25) is 5.02 Å². The predicted octanol–water partition coefficient (Wildman–Crippen LogP) is 2.39. The molecule has 27 heavy (non-hydrogen) atoms. The molecular weight excluding hydrogens is 370 g/mol. The van der Waals surface area contributed by atoms with Crippen LogP contribution in [0, 0.1) is 35.0 Å². The zero-order valence-electron chi connectivity index (χ0n) is 14.5. The summed E-state index contributed by atoms with van der Waals surface area (Å²) in [6, 6.07) is 5.04. The molecule has 3 aliphatic rings. The molecule has 1 heterocycles. The van der Waals surface area contributed by atoms with Gasteiger partial charge in [0.1, 0.15) is 6.07 Å². The van der Waals surface area contributed by atoms with Crippen molar-refractivity contribution in [2.45, 2.75) is 6.42 Å². The van der Waals surface area contributed by atoms with Gasteiger partial charge in [-0.15, -0.1) is 0 Å². The van der Waals surface area contributed by atoms with Crippen LogP contribution in [-0.4, -0.2) is 36.8 Å². The van der Waals surface area contributed by atoms with E-state index in [1.54, 1.807) is 12.1 Å². The van der Waals surface area contributed by atoms with E-state index >= 15 is 0 Å². The van der Waals surface area contributed by atoms with E-state index in [0.29, 0.717) is 11.3 Å². The smallest absolute Gasteiger partial charge is 0.254 e. The predicted molar refractivity (Wildman–Crippen MR) is 96.3 cm³/mol. The van der Waals surface area contributed by atoms with Gasteiger partial charge in [-0.2, -0.15) is 15.4 Å². The van der Waals surface area contributed by atoms with Crippen molar-refractivity contribution in [3.8, 4) is 17.6 Å². The molecule has 4 atom stereocenters. The lowest BCUT2D eigenvalue weighted by molar-refractivity contribution is -0.140. The fraction of sp³-hybridized carbons (Fsp3) is 0.368. The van der Waals surface area contributed by atoms with Crippen molar-refractivity contribution in [2.75, 3.05) is 13.7 Å². The average molecular weight is 386 g/mol. The number of imide groups is 1. The summed E-state index contributed by atoms with van der Waals surface area (Å²) >= 11 is 6.19. The van der Waals surface area contributed by atoms with Crippen LogP contribution in [0.15, 0.2) is 29.4 Å². The van der Waals surface area contributed by atoms with Crippen molar-refractivity contribution >= 4 is 29.6 Å². The molecule has 2 bridgehead atoms. The first-order valence-corrected chi connectivity index (χ1v) is 8.90. The van der Waals surface area contributed by atoms with Gasteiger partial charge in [-0.25, -0.2) is 0 Å². The lowest BCUT2D eigenvalue weighted by Gasteiger charge is -2.13. The Bertz CT molecular complexity index is 890. The number of nitrogens with zero attached hydrogens (tertiary/aromatic N) is 3. The van der Waals surface area contributed by atoms with Crippen LogP contribution in [0.25, 0.3) is 0 Å². The van der Waals surface area contributed by atoms with Crippen LogP contribution in [0.4, 0.5) is 0 Å². The quantitative estimate of drug-likeness (QED) is 0.441. The molecule has 1 saturated heterocycles. The molecule has 2 aliphatic carbocycles. The van der Waals surface area contributed by atoms with E-state index in [1.807, 2.05) is 18.2 Å². The van der Waals surface area contributed by atoms with Crippen molar-refractivity contribution < 1.29 is 19.1 Å². The van der Waals surface area contributed by atoms with Gasteiger partial charge in [0.15, 0.2) is 18.1 Å². The van der Waals surface area contributed by atoms with Crippen molar-refractivity contribution in [3.63, 3.8) is 0 Å². The maximum atomic E-state index is 12.6. The minimum Gasteiger partial charge on any atom is -0.493 e. The number of carbonyl (C=O) groups excluding carboxylic acids is 2. The van der Waals surface area contributed by atoms with E-state index in [-0.39, 0.29) is 52.9 Å². The normalized spacial score (nSPS) is 28.1. The van der Waals surface area contributed by atoms with Gasteiger partial charge in [-0.1, -0.05) is 23.8 Å². The van der Waals surface area contributed by atoms with Crippen molar-refractivity contribution in [3.05, 3.63) is 34.9 Å². The molecule has 0 spiro atoms. The largest absolute Gasteiger partial charge is 0.493 e. The lowest BCUT2D eigenvalue weighted by atomic mass is 9.85. The fourth-order valence-electron chi connectivity index (χ4n) is 4.18. The van der Waals surface area contributed by atoms with E-state index in [4.69, 9.17) is 26.3 Å². The highest BCUT2D eigenvalue weighted by molar-refractivity contribution is 6.32. The Hall–Kier alpha value is -2.85. The van der Waals surface area contributed by atoms with E-state index in [2.05, 4.69) is 5.10 Å². The van der Waals surface area contributed by atoms with Crippen LogP contribution >= 0.6 is 11.6 Å². The molecule has 0 unspecified atom stereocenters. The number of hydrazone groups is 1. The van der Waals surface area contributed by atoms with Gasteiger partial charge in [0.25, 0.3) is 11.8 Å². The fourth-order valence-corrected chi connectivity index (χ4v) is 4.46. The number of methoxy groups -OCH3 is 1. The second kappa shape index (κ2) is 6.71. The third-order valence-electron chi connectivity index (χ3n) is 5.30. The van der Waals surface area contributed by atoms with Gasteiger partial charge < -0.3 is 9.47 Å². The van der Waals surface area contributed by atoms with Gasteiger partial charge in [0, 0.05) is 0 Å². The number of hydrogen-bond donors (Lipinski definition) is 0. The summed E-state index contributed by atoms with van der Waals surface area (Å²) in [5.74, 6) is -0.199. The number of hydrogen-bond acceptors (Lipinski definition) is 6. The molecule has 4 rings (SSSR count). The first kappa shape index (κ1) is 17.6. The zero-order valence-corrected chi connectivity index (χ0v) is 15.2. The lowest BCUT2D eigenvalue weighted by Crippen LogP contribution is -2.28. The summed E-state index contributed by atoms with van der Waals surface area (Å²) < 4.78 is 10.5. The van der Waals surface area contributed by atoms with Crippen LogP contribution in [0.3, 0.4) is 0 Å². The summed E-state index contributed by atoms with van der Waals surface area (Å²) in [5, 5.41) is 14.0. The number of carbonyl (C=O) groups is 2. The Morgan fingerprint density at radius 3 is 2.56 bits per heavy atom. The standard InChI is InChI=1S/C19H16ClN3O4/c1-26-14-7-10(6-13(20)17(14)27-5-4-21)9-22-23-18(24)15-11-2-3-12(8-11)16(15)19(23)25/h2-3,6-7,9,11-12,15-16H,5,8H2,1H3/t11-,12-,15-,16+/m0/s1. The molecule has 1 saturated carbocycles. The van der Waals surface area contributed by atoms with Crippen LogP contribution in [0.1, 0.15) is 12.0 Å². The molecule has 2 fully saturated rings. The van der Waals surface area contributed by atoms with Crippen molar-refractivity contribution in [1.29, 1.82) is 5.26 Å². The molecular formula is C19H16ClN3O4. The summed E-state index contributed by atoms with van der Waals surface area (Å²) in [6.45, 7) is -0.167. The van der Waals surface area contributed by atoms with Gasteiger partial charge in [-0.05, 0) is 36.0 Å². The maximum absolute atomic E-state index is 12.6. The minimum absolute atomic E-state index is 0.141. The Morgan fingerprint density at radius 2 is 1.96 bits per heavy atom. The second-order valence-corrected chi connectivity index (χ2v) is 7.12. The van der Waals surface area contributed by atoms with Crippen LogP contribution in [-0.2, 0) is 9.59 Å². The number of amides is 2. The topological polar surface area (TPSA) is 92.0 Å². The summed E-state index contributed by atoms with van der Waals surface area (Å²) in [6.07, 6.45) is 6.35. The first-order valence-electron chi connectivity index (χ1n) is 8.52. The molecule has 0 aromatic heterocycles. The molecule has 1 aromatic rings. The highest BCUT2D eigenvalue weighted by atomic mass is 35.5. The maximum Gasteiger partial charge on any atom is 0.254 e. The summed E-state index contributed by atoms with van der Waals surface area (Å²) in [7, 11) is 1.45. The SMILES string of the molecule is COc1cc(C=NN2C(=O)[C@@H]3[C@H](C2=O)[C@H]2C=C[C@H]3C2)cc(Cl)c1OCC#N. The van der Waals surface area contributed by atoms with Gasteiger partial charge in [0.05, 0.1) is 30.2 Å². The average Bonchev–Trinajstić information content (AvgIpc) is 3.33. The highest BCUT2D eigenvalue weighted by Crippen LogP contribution is 2.52. The highest BCUT2D eigenvalue weighted by Gasteiger charge is 2.59. The molecule has 138 valence electrons. The van der Waals surface area contributed by atoms with Gasteiger partial charge >= 0.3 is 0 Å². The molecule has 2 amide bonds. The third kappa shape index (κ3) is 2.77. The molecule has 8 heteroatoms. The molecule has 1 aromatic carbocycles.